The molecule has 3 rings (SSSR count). The van der Waals surface area contributed by atoms with Crippen LogP contribution in [0.3, 0.4) is 0 Å². The minimum absolute atomic E-state index is 0.364. The average molecular weight is 322 g/mol. The maximum atomic E-state index is 14.5. The lowest BCUT2D eigenvalue weighted by Crippen LogP contribution is -2.21. The zero-order valence-electron chi connectivity index (χ0n) is 14.6. The number of pyridine rings is 1. The van der Waals surface area contributed by atoms with Crippen molar-refractivity contribution >= 4 is 5.69 Å². The van der Waals surface area contributed by atoms with E-state index in [1.807, 2.05) is 30.3 Å². The van der Waals surface area contributed by atoms with Crippen LogP contribution in [0.5, 0.6) is 5.88 Å². The molecule has 23 heavy (non-hydrogen) atoms. The van der Waals surface area contributed by atoms with Gasteiger partial charge in [-0.25, -0.2) is 0 Å². The van der Waals surface area contributed by atoms with Crippen molar-refractivity contribution in [3.05, 3.63) is 72.5 Å². The SMILES string of the molecule is [2H]C([2H])([2H])Oc1nc(F)c(F)c(N2[C]N(Cc3ccccc3)C=C2)c1F. The van der Waals surface area contributed by atoms with Crippen molar-refractivity contribution in [3.8, 4) is 5.88 Å². The van der Waals surface area contributed by atoms with Crippen molar-refractivity contribution < 1.29 is 22.0 Å². The van der Waals surface area contributed by atoms with E-state index in [1.165, 1.54) is 17.3 Å². The molecule has 0 unspecified atom stereocenters. The standard InChI is InChI=1S/C16H12F3N3O/c1-23-16-13(18)14(12(17)15(19)20-16)22-8-7-21(10-22)9-11-5-3-2-4-6-11/h2-8H,9H2,1H3/i1D3. The maximum Gasteiger partial charge on any atom is 0.255 e. The summed E-state index contributed by atoms with van der Waals surface area (Å²) < 4.78 is 67.4. The molecule has 0 saturated heterocycles. The van der Waals surface area contributed by atoms with E-state index >= 15 is 0 Å². The maximum absolute atomic E-state index is 14.5. The molecule has 1 aromatic heterocycles. The number of aromatic nitrogens is 1. The van der Waals surface area contributed by atoms with Crippen LogP contribution >= 0.6 is 0 Å². The molecular weight excluding hydrogens is 307 g/mol. The van der Waals surface area contributed by atoms with Crippen LogP contribution in [0.15, 0.2) is 42.7 Å². The molecule has 0 fully saturated rings. The Kier molecular flexibility index (Phi) is 3.18. The zero-order valence-corrected chi connectivity index (χ0v) is 11.6. The second-order valence-corrected chi connectivity index (χ2v) is 4.67. The molecule has 1 aromatic carbocycles. The Morgan fingerprint density at radius 1 is 1.17 bits per heavy atom. The first-order valence-corrected chi connectivity index (χ1v) is 6.52. The van der Waals surface area contributed by atoms with E-state index in [4.69, 9.17) is 4.11 Å². The second kappa shape index (κ2) is 6.20. The van der Waals surface area contributed by atoms with Crippen molar-refractivity contribution in [1.82, 2.24) is 9.88 Å². The molecule has 7 heteroatoms. The number of hydrogen-bond donors (Lipinski definition) is 0. The number of benzene rings is 1. The van der Waals surface area contributed by atoms with E-state index in [-0.39, 0.29) is 0 Å². The van der Waals surface area contributed by atoms with Gasteiger partial charge in [0, 0.05) is 18.9 Å². The van der Waals surface area contributed by atoms with Crippen molar-refractivity contribution in [2.24, 2.45) is 0 Å². The fraction of sp³-hybridized carbons (Fsp3) is 0.125. The van der Waals surface area contributed by atoms with E-state index in [2.05, 4.69) is 16.4 Å². The van der Waals surface area contributed by atoms with Gasteiger partial charge in [-0.15, -0.1) is 0 Å². The van der Waals surface area contributed by atoms with Crippen molar-refractivity contribution in [1.29, 1.82) is 0 Å². The van der Waals surface area contributed by atoms with Crippen molar-refractivity contribution in [2.75, 3.05) is 11.9 Å². The minimum atomic E-state index is -3.07. The van der Waals surface area contributed by atoms with Gasteiger partial charge in [-0.05, 0) is 5.56 Å². The van der Waals surface area contributed by atoms with E-state index in [1.54, 1.807) is 0 Å². The molecule has 0 bridgehead atoms. The Hall–Kier alpha value is -2.70. The Bertz CT molecular complexity index is 831. The van der Waals surface area contributed by atoms with Gasteiger partial charge in [0.15, 0.2) is 0 Å². The highest BCUT2D eigenvalue weighted by Crippen LogP contribution is 2.33. The molecule has 4 nitrogen and oxygen atoms in total. The van der Waals surface area contributed by atoms with Gasteiger partial charge in [0.1, 0.15) is 5.69 Å². The number of nitrogens with zero attached hydrogens (tertiary/aromatic N) is 3. The topological polar surface area (TPSA) is 28.6 Å². The van der Waals surface area contributed by atoms with Crippen LogP contribution in [0.2, 0.25) is 0 Å². The predicted molar refractivity (Wildman–Crippen MR) is 77.5 cm³/mol. The highest BCUT2D eigenvalue weighted by molar-refractivity contribution is 5.56. The number of methoxy groups -OCH3 is 1. The number of hydrogen-bond acceptors (Lipinski definition) is 4. The van der Waals surface area contributed by atoms with Gasteiger partial charge in [-0.2, -0.15) is 18.2 Å². The van der Waals surface area contributed by atoms with Crippen molar-refractivity contribution in [2.45, 2.75) is 6.54 Å². The molecule has 2 aromatic rings. The zero-order chi connectivity index (χ0) is 18.9. The summed E-state index contributed by atoms with van der Waals surface area (Å²) in [5, 5.41) is 0. The Morgan fingerprint density at radius 3 is 2.70 bits per heavy atom. The van der Waals surface area contributed by atoms with Crippen LogP contribution in [0.1, 0.15) is 9.68 Å². The van der Waals surface area contributed by atoms with Gasteiger partial charge in [-0.1, -0.05) is 30.3 Å². The first-order chi connectivity index (χ1) is 12.2. The average Bonchev–Trinajstić information content (AvgIpc) is 3.00. The van der Waals surface area contributed by atoms with Gasteiger partial charge < -0.3 is 14.5 Å². The number of ether oxygens (including phenoxy) is 1. The lowest BCUT2D eigenvalue weighted by atomic mass is 10.2. The number of halogens is 3. The fourth-order valence-electron chi connectivity index (χ4n) is 2.11. The third-order valence-electron chi connectivity index (χ3n) is 3.15. The van der Waals surface area contributed by atoms with Crippen LogP contribution in [0.25, 0.3) is 0 Å². The van der Waals surface area contributed by atoms with Crippen LogP contribution in [0.4, 0.5) is 18.9 Å². The lowest BCUT2D eigenvalue weighted by molar-refractivity contribution is 0.348. The van der Waals surface area contributed by atoms with Crippen LogP contribution in [-0.2, 0) is 6.54 Å². The minimum Gasteiger partial charge on any atom is -0.479 e. The molecule has 118 valence electrons. The third kappa shape index (κ3) is 2.94. The highest BCUT2D eigenvalue weighted by Gasteiger charge is 2.28. The predicted octanol–water partition coefficient (Wildman–Crippen LogP) is 3.30. The Balaban J connectivity index is 1.84. The van der Waals surface area contributed by atoms with Crippen molar-refractivity contribution in [3.63, 3.8) is 0 Å². The third-order valence-corrected chi connectivity index (χ3v) is 3.15. The molecule has 0 saturated carbocycles. The molecule has 2 heterocycles. The van der Waals surface area contributed by atoms with Gasteiger partial charge >= 0.3 is 0 Å². The summed E-state index contributed by atoms with van der Waals surface area (Å²) in [5.74, 6) is -5.87. The van der Waals surface area contributed by atoms with E-state index in [9.17, 15) is 13.2 Å². The number of anilines is 1. The molecule has 0 aliphatic carbocycles. The fourth-order valence-corrected chi connectivity index (χ4v) is 2.11. The quantitative estimate of drug-likeness (QED) is 0.808. The molecule has 0 spiro atoms. The van der Waals surface area contributed by atoms with Gasteiger partial charge in [0.2, 0.25) is 18.3 Å². The Morgan fingerprint density at radius 2 is 1.96 bits per heavy atom. The first kappa shape index (κ1) is 11.8. The van der Waals surface area contributed by atoms with Gasteiger partial charge in [0.25, 0.3) is 11.8 Å². The summed E-state index contributed by atoms with van der Waals surface area (Å²) in [7, 11) is -3.07. The van der Waals surface area contributed by atoms with Gasteiger partial charge in [-0.3, -0.25) is 0 Å². The molecule has 0 atom stereocenters. The monoisotopic (exact) mass is 322 g/mol. The summed E-state index contributed by atoms with van der Waals surface area (Å²) in [6.07, 6.45) is 2.73. The smallest absolute Gasteiger partial charge is 0.255 e. The molecule has 1 aliphatic rings. The normalized spacial score (nSPS) is 16.2. The summed E-state index contributed by atoms with van der Waals surface area (Å²) in [6.45, 7) is 3.00. The second-order valence-electron chi connectivity index (χ2n) is 4.67. The molecule has 1 aliphatic heterocycles. The Labute approximate surface area is 135 Å². The van der Waals surface area contributed by atoms with Crippen LogP contribution in [0, 0.1) is 24.3 Å². The summed E-state index contributed by atoms with van der Waals surface area (Å²) in [6, 6.07) is 9.23. The van der Waals surface area contributed by atoms with Crippen LogP contribution < -0.4 is 9.64 Å². The highest BCUT2D eigenvalue weighted by atomic mass is 19.2. The van der Waals surface area contributed by atoms with E-state index in [0.717, 1.165) is 10.5 Å². The summed E-state index contributed by atoms with van der Waals surface area (Å²) in [4.78, 5) is 5.25. The van der Waals surface area contributed by atoms with Crippen LogP contribution in [-0.4, -0.2) is 16.9 Å². The van der Waals surface area contributed by atoms with Gasteiger partial charge in [0.05, 0.1) is 11.2 Å². The summed E-state index contributed by atoms with van der Waals surface area (Å²) >= 11 is 0. The lowest BCUT2D eigenvalue weighted by Gasteiger charge is -2.20. The van der Waals surface area contributed by atoms with E-state index in [0.29, 0.717) is 6.54 Å². The molecule has 2 radical (unpaired) electrons. The number of rotatable bonds is 4. The van der Waals surface area contributed by atoms with E-state index < -0.39 is 36.2 Å². The largest absolute Gasteiger partial charge is 0.479 e. The molecular formula is C16H12F3N3O. The first-order valence-electron chi connectivity index (χ1n) is 8.02. The molecule has 0 N–H and O–H groups in total. The molecule has 0 amide bonds. The summed E-state index contributed by atoms with van der Waals surface area (Å²) in [5.41, 5.74) is 0.0448.